The number of ether oxygens (including phenoxy) is 1. The average Bonchev–Trinajstić information content (AvgIpc) is 3.35. The Labute approximate surface area is 154 Å². The Kier molecular flexibility index (Phi) is 4.81. The number of hydrogen-bond donors (Lipinski definition) is 2. The first kappa shape index (κ1) is 16.9. The van der Waals surface area contributed by atoms with Crippen LogP contribution in [0.3, 0.4) is 0 Å². The standard InChI is InChI=1S/C17H19N5O3S/c23-15-7-19-16-14(22(15)8-13-2-1-3-25-13)4-11(5-18-16)17(24)20-6-12-9-26-10-21-12/h4-5,9-10,13H,1-3,6-8H2,(H,18,19)(H,20,24). The van der Waals surface area contributed by atoms with Crippen molar-refractivity contribution in [2.45, 2.75) is 25.5 Å². The molecule has 0 bridgehead atoms. The summed E-state index contributed by atoms with van der Waals surface area (Å²) in [5, 5.41) is 7.71. The average molecular weight is 373 g/mol. The van der Waals surface area contributed by atoms with Crippen LogP contribution in [0, 0.1) is 0 Å². The number of thiazole rings is 1. The number of fused-ring (bicyclic) bond motifs is 1. The second kappa shape index (κ2) is 7.38. The van der Waals surface area contributed by atoms with Crippen molar-refractivity contribution in [3.8, 4) is 0 Å². The van der Waals surface area contributed by atoms with Crippen molar-refractivity contribution >= 4 is 34.7 Å². The van der Waals surface area contributed by atoms with E-state index >= 15 is 0 Å². The van der Waals surface area contributed by atoms with Crippen molar-refractivity contribution < 1.29 is 14.3 Å². The number of amides is 2. The number of pyridine rings is 1. The van der Waals surface area contributed by atoms with E-state index in [9.17, 15) is 9.59 Å². The summed E-state index contributed by atoms with van der Waals surface area (Å²) in [7, 11) is 0. The fourth-order valence-corrected chi connectivity index (χ4v) is 3.66. The first-order chi connectivity index (χ1) is 12.7. The smallest absolute Gasteiger partial charge is 0.253 e. The minimum Gasteiger partial charge on any atom is -0.376 e. The maximum Gasteiger partial charge on any atom is 0.253 e. The Morgan fingerprint density at radius 3 is 3.15 bits per heavy atom. The SMILES string of the molecule is O=C(NCc1cscn1)c1cnc2c(c1)N(CC1CCCO1)C(=O)CN2. The fourth-order valence-electron chi connectivity index (χ4n) is 3.10. The molecule has 1 unspecified atom stereocenters. The van der Waals surface area contributed by atoms with Gasteiger partial charge in [-0.1, -0.05) is 0 Å². The molecule has 26 heavy (non-hydrogen) atoms. The molecule has 0 aliphatic carbocycles. The van der Waals surface area contributed by atoms with E-state index in [1.54, 1.807) is 16.5 Å². The van der Waals surface area contributed by atoms with Gasteiger partial charge in [0.1, 0.15) is 5.82 Å². The van der Waals surface area contributed by atoms with Gasteiger partial charge in [0.2, 0.25) is 5.91 Å². The van der Waals surface area contributed by atoms with Gasteiger partial charge in [-0.15, -0.1) is 11.3 Å². The van der Waals surface area contributed by atoms with Gasteiger partial charge >= 0.3 is 0 Å². The molecule has 2 aliphatic rings. The monoisotopic (exact) mass is 373 g/mol. The summed E-state index contributed by atoms with van der Waals surface area (Å²) in [5.74, 6) is 0.317. The predicted octanol–water partition coefficient (Wildman–Crippen LogP) is 1.41. The third-order valence-corrected chi connectivity index (χ3v) is 5.09. The Balaban J connectivity index is 1.52. The van der Waals surface area contributed by atoms with Crippen molar-refractivity contribution in [1.29, 1.82) is 0 Å². The summed E-state index contributed by atoms with van der Waals surface area (Å²) < 4.78 is 5.66. The van der Waals surface area contributed by atoms with Gasteiger partial charge in [0.15, 0.2) is 0 Å². The maximum atomic E-state index is 12.4. The van der Waals surface area contributed by atoms with Gasteiger partial charge in [-0.3, -0.25) is 9.59 Å². The number of nitrogens with one attached hydrogen (secondary N) is 2. The largest absolute Gasteiger partial charge is 0.376 e. The molecule has 0 saturated carbocycles. The van der Waals surface area contributed by atoms with E-state index in [1.807, 2.05) is 5.38 Å². The van der Waals surface area contributed by atoms with Gasteiger partial charge in [0, 0.05) is 18.2 Å². The predicted molar refractivity (Wildman–Crippen MR) is 97.3 cm³/mol. The molecule has 9 heteroatoms. The molecule has 0 spiro atoms. The molecule has 2 N–H and O–H groups in total. The summed E-state index contributed by atoms with van der Waals surface area (Å²) in [6.07, 6.45) is 3.50. The van der Waals surface area contributed by atoms with Crippen molar-refractivity contribution in [2.75, 3.05) is 29.9 Å². The van der Waals surface area contributed by atoms with E-state index in [-0.39, 0.29) is 24.5 Å². The van der Waals surface area contributed by atoms with Gasteiger partial charge in [0.05, 0.1) is 48.2 Å². The number of rotatable bonds is 5. The number of aromatic nitrogens is 2. The van der Waals surface area contributed by atoms with E-state index in [1.165, 1.54) is 17.5 Å². The highest BCUT2D eigenvalue weighted by Gasteiger charge is 2.29. The summed E-state index contributed by atoms with van der Waals surface area (Å²) in [6.45, 7) is 1.77. The second-order valence-corrected chi connectivity index (χ2v) is 6.97. The van der Waals surface area contributed by atoms with Crippen LogP contribution in [0.1, 0.15) is 28.9 Å². The number of nitrogens with zero attached hydrogens (tertiary/aromatic N) is 3. The zero-order chi connectivity index (χ0) is 17.9. The van der Waals surface area contributed by atoms with Crippen molar-refractivity contribution in [2.24, 2.45) is 0 Å². The molecule has 2 amide bonds. The first-order valence-corrected chi connectivity index (χ1v) is 9.46. The highest BCUT2D eigenvalue weighted by Crippen LogP contribution is 2.29. The Bertz CT molecular complexity index is 805. The number of anilines is 2. The summed E-state index contributed by atoms with van der Waals surface area (Å²) in [4.78, 5) is 35.0. The lowest BCUT2D eigenvalue weighted by atomic mass is 10.1. The zero-order valence-corrected chi connectivity index (χ0v) is 14.9. The topological polar surface area (TPSA) is 96.5 Å². The van der Waals surface area contributed by atoms with Crippen LogP contribution < -0.4 is 15.5 Å². The van der Waals surface area contributed by atoms with E-state index in [0.29, 0.717) is 30.2 Å². The molecule has 1 atom stereocenters. The summed E-state index contributed by atoms with van der Waals surface area (Å²) in [5.41, 5.74) is 3.57. The number of hydrogen-bond acceptors (Lipinski definition) is 7. The molecule has 2 aliphatic heterocycles. The molecule has 136 valence electrons. The Morgan fingerprint density at radius 1 is 1.46 bits per heavy atom. The van der Waals surface area contributed by atoms with Crippen molar-refractivity contribution in [1.82, 2.24) is 15.3 Å². The molecule has 1 saturated heterocycles. The lowest BCUT2D eigenvalue weighted by molar-refractivity contribution is -0.117. The van der Waals surface area contributed by atoms with E-state index < -0.39 is 0 Å². The maximum absolute atomic E-state index is 12.4. The van der Waals surface area contributed by atoms with E-state index in [4.69, 9.17) is 4.74 Å². The molecule has 1 fully saturated rings. The van der Waals surface area contributed by atoms with Crippen molar-refractivity contribution in [3.63, 3.8) is 0 Å². The zero-order valence-electron chi connectivity index (χ0n) is 14.1. The van der Waals surface area contributed by atoms with Crippen LogP contribution in [-0.2, 0) is 16.1 Å². The van der Waals surface area contributed by atoms with Crippen molar-refractivity contribution in [3.05, 3.63) is 34.4 Å². The second-order valence-electron chi connectivity index (χ2n) is 6.25. The Morgan fingerprint density at radius 2 is 2.38 bits per heavy atom. The third-order valence-electron chi connectivity index (χ3n) is 4.45. The quantitative estimate of drug-likeness (QED) is 0.823. The van der Waals surface area contributed by atoms with Crippen LogP contribution >= 0.6 is 11.3 Å². The molecule has 2 aromatic heterocycles. The lowest BCUT2D eigenvalue weighted by Gasteiger charge is -2.31. The first-order valence-electron chi connectivity index (χ1n) is 8.52. The molecule has 2 aromatic rings. The molecular formula is C17H19N5O3S. The number of carbonyl (C=O) groups is 2. The Hall–Kier alpha value is -2.52. The molecule has 4 rings (SSSR count). The normalized spacial score (nSPS) is 19.2. The van der Waals surface area contributed by atoms with Gasteiger partial charge in [-0.05, 0) is 18.9 Å². The summed E-state index contributed by atoms with van der Waals surface area (Å²) in [6, 6.07) is 1.71. The highest BCUT2D eigenvalue weighted by molar-refractivity contribution is 7.07. The highest BCUT2D eigenvalue weighted by atomic mass is 32.1. The van der Waals surface area contributed by atoms with Gasteiger partial charge in [-0.2, -0.15) is 0 Å². The minimum atomic E-state index is -0.247. The molecule has 0 radical (unpaired) electrons. The van der Waals surface area contributed by atoms with Gasteiger partial charge in [-0.25, -0.2) is 9.97 Å². The van der Waals surface area contributed by atoms with Crippen LogP contribution in [0.15, 0.2) is 23.2 Å². The molecular weight excluding hydrogens is 354 g/mol. The fraction of sp³-hybridized carbons (Fsp3) is 0.412. The molecule has 8 nitrogen and oxygen atoms in total. The molecule has 4 heterocycles. The van der Waals surface area contributed by atoms with E-state index in [0.717, 1.165) is 25.1 Å². The van der Waals surface area contributed by atoms with Crippen LogP contribution in [0.2, 0.25) is 0 Å². The van der Waals surface area contributed by atoms with Crippen LogP contribution in [0.4, 0.5) is 11.5 Å². The third kappa shape index (κ3) is 3.54. The van der Waals surface area contributed by atoms with Gasteiger partial charge in [0.25, 0.3) is 5.91 Å². The van der Waals surface area contributed by atoms with Gasteiger partial charge < -0.3 is 20.3 Å². The van der Waals surface area contributed by atoms with Crippen LogP contribution in [0.5, 0.6) is 0 Å². The van der Waals surface area contributed by atoms with E-state index in [2.05, 4.69) is 20.6 Å². The molecule has 0 aromatic carbocycles. The van der Waals surface area contributed by atoms with Crippen LogP contribution in [0.25, 0.3) is 0 Å². The number of carbonyl (C=O) groups excluding carboxylic acids is 2. The summed E-state index contributed by atoms with van der Waals surface area (Å²) >= 11 is 1.48. The minimum absolute atomic E-state index is 0.0343. The van der Waals surface area contributed by atoms with Crippen LogP contribution in [-0.4, -0.2) is 47.6 Å². The lowest BCUT2D eigenvalue weighted by Crippen LogP contribution is -2.44.